The third-order valence-electron chi connectivity index (χ3n) is 6.58. The summed E-state index contributed by atoms with van der Waals surface area (Å²) < 4.78 is 25.6. The number of benzene rings is 2. The number of aromatic nitrogens is 1. The van der Waals surface area contributed by atoms with E-state index >= 15 is 0 Å². The maximum Gasteiger partial charge on any atom is 0.270 e. The zero-order valence-electron chi connectivity index (χ0n) is 20.0. The van der Waals surface area contributed by atoms with Crippen LogP contribution >= 0.6 is 11.3 Å². The first-order valence-corrected chi connectivity index (χ1v) is 13.0. The molecule has 2 aliphatic rings. The van der Waals surface area contributed by atoms with Crippen molar-refractivity contribution in [1.29, 1.82) is 0 Å². The fourth-order valence-corrected chi connectivity index (χ4v) is 5.47. The molecule has 1 N–H and O–H groups in total. The van der Waals surface area contributed by atoms with Gasteiger partial charge in [0.05, 0.1) is 12.1 Å². The van der Waals surface area contributed by atoms with Gasteiger partial charge in [0.15, 0.2) is 0 Å². The number of hydrogen-bond acceptors (Lipinski definition) is 6. The minimum absolute atomic E-state index is 0.0608. The van der Waals surface area contributed by atoms with Gasteiger partial charge in [-0.3, -0.25) is 9.59 Å². The van der Waals surface area contributed by atoms with E-state index in [4.69, 9.17) is 9.47 Å². The van der Waals surface area contributed by atoms with Gasteiger partial charge >= 0.3 is 0 Å². The number of fused-ring (bicyclic) bond motifs is 1. The Labute approximate surface area is 213 Å². The van der Waals surface area contributed by atoms with Crippen LogP contribution in [0.5, 0.6) is 5.75 Å². The van der Waals surface area contributed by atoms with Crippen molar-refractivity contribution in [2.45, 2.75) is 44.9 Å². The average Bonchev–Trinajstić information content (AvgIpc) is 3.57. The lowest BCUT2D eigenvalue weighted by Gasteiger charge is -2.37. The molecule has 7 nitrogen and oxygen atoms in total. The zero-order chi connectivity index (χ0) is 25.1. The van der Waals surface area contributed by atoms with Gasteiger partial charge in [0, 0.05) is 32.0 Å². The molecular formula is C27H28FN3O4S. The highest BCUT2D eigenvalue weighted by atomic mass is 32.1. The second-order valence-corrected chi connectivity index (χ2v) is 9.98. The fourth-order valence-electron chi connectivity index (χ4n) is 4.79. The van der Waals surface area contributed by atoms with Gasteiger partial charge in [0.2, 0.25) is 5.91 Å². The number of rotatable bonds is 7. The summed E-state index contributed by atoms with van der Waals surface area (Å²) in [5.41, 5.74) is 3.12. The van der Waals surface area contributed by atoms with Crippen LogP contribution in [0.4, 0.5) is 4.39 Å². The predicted octanol–water partition coefficient (Wildman–Crippen LogP) is 4.26. The van der Waals surface area contributed by atoms with E-state index in [0.29, 0.717) is 29.5 Å². The Bertz CT molecular complexity index is 1260. The smallest absolute Gasteiger partial charge is 0.270 e. The third kappa shape index (κ3) is 5.42. The first-order valence-electron chi connectivity index (χ1n) is 12.1. The Morgan fingerprint density at radius 2 is 2.17 bits per heavy atom. The highest BCUT2D eigenvalue weighted by Gasteiger charge is 2.31. The van der Waals surface area contributed by atoms with E-state index in [2.05, 4.69) is 10.3 Å². The molecule has 2 amide bonds. The summed E-state index contributed by atoms with van der Waals surface area (Å²) in [6, 6.07) is 11.8. The molecule has 0 aliphatic carbocycles. The van der Waals surface area contributed by atoms with Gasteiger partial charge in [-0.05, 0) is 60.2 Å². The van der Waals surface area contributed by atoms with Crippen LogP contribution in [0.3, 0.4) is 0 Å². The molecule has 2 atom stereocenters. The summed E-state index contributed by atoms with van der Waals surface area (Å²) in [5, 5.41) is 5.29. The molecule has 3 heterocycles. The third-order valence-corrected chi connectivity index (χ3v) is 7.40. The van der Waals surface area contributed by atoms with Crippen LogP contribution in [0, 0.1) is 5.82 Å². The van der Waals surface area contributed by atoms with Gasteiger partial charge in [0.1, 0.15) is 28.9 Å². The van der Waals surface area contributed by atoms with Crippen LogP contribution in [0.25, 0.3) is 0 Å². The van der Waals surface area contributed by atoms with Crippen molar-refractivity contribution in [2.75, 3.05) is 19.7 Å². The molecule has 0 unspecified atom stereocenters. The lowest BCUT2D eigenvalue weighted by molar-refractivity contribution is -0.130. The molecular weight excluding hydrogens is 481 g/mol. The first kappa shape index (κ1) is 24.4. The molecule has 188 valence electrons. The molecule has 2 aromatic carbocycles. The largest absolute Gasteiger partial charge is 0.486 e. The van der Waals surface area contributed by atoms with E-state index in [1.54, 1.807) is 16.3 Å². The maximum absolute atomic E-state index is 14.0. The molecule has 9 heteroatoms. The average molecular weight is 510 g/mol. The van der Waals surface area contributed by atoms with Crippen molar-refractivity contribution in [3.8, 4) is 5.75 Å². The first-order chi connectivity index (χ1) is 17.5. The summed E-state index contributed by atoms with van der Waals surface area (Å²) in [6.07, 6.45) is 2.78. The topological polar surface area (TPSA) is 80.8 Å². The van der Waals surface area contributed by atoms with Crippen LogP contribution < -0.4 is 10.1 Å². The van der Waals surface area contributed by atoms with Crippen LogP contribution in [0.1, 0.15) is 58.0 Å². The van der Waals surface area contributed by atoms with E-state index in [9.17, 15) is 14.0 Å². The molecule has 2 aliphatic heterocycles. The van der Waals surface area contributed by atoms with Gasteiger partial charge in [0.25, 0.3) is 5.91 Å². The second-order valence-electron chi connectivity index (χ2n) is 9.04. The number of nitrogens with one attached hydrogen (secondary N) is 1. The van der Waals surface area contributed by atoms with E-state index in [1.807, 2.05) is 24.3 Å². The number of ether oxygens (including phenoxy) is 2. The van der Waals surface area contributed by atoms with Crippen molar-refractivity contribution in [3.63, 3.8) is 0 Å². The van der Waals surface area contributed by atoms with E-state index in [1.165, 1.54) is 30.4 Å². The molecule has 1 aromatic heterocycles. The molecule has 0 bridgehead atoms. The monoisotopic (exact) mass is 509 g/mol. The van der Waals surface area contributed by atoms with Gasteiger partial charge < -0.3 is 19.7 Å². The normalized spacial score (nSPS) is 19.1. The Hall–Kier alpha value is -3.30. The highest BCUT2D eigenvalue weighted by Crippen LogP contribution is 2.37. The summed E-state index contributed by atoms with van der Waals surface area (Å²) in [5.74, 6) is 0.00778. The van der Waals surface area contributed by atoms with Gasteiger partial charge in [-0.2, -0.15) is 0 Å². The summed E-state index contributed by atoms with van der Waals surface area (Å²) in [7, 11) is 0. The van der Waals surface area contributed by atoms with Crippen molar-refractivity contribution < 1.29 is 23.5 Å². The Morgan fingerprint density at radius 1 is 1.28 bits per heavy atom. The summed E-state index contributed by atoms with van der Waals surface area (Å²) >= 11 is 1.36. The van der Waals surface area contributed by atoms with Crippen molar-refractivity contribution >= 4 is 23.2 Å². The van der Waals surface area contributed by atoms with Crippen LogP contribution in [0.2, 0.25) is 0 Å². The van der Waals surface area contributed by atoms with E-state index in [0.717, 1.165) is 42.6 Å². The van der Waals surface area contributed by atoms with E-state index in [-0.39, 0.29) is 36.4 Å². The van der Waals surface area contributed by atoms with Crippen molar-refractivity contribution in [3.05, 3.63) is 81.1 Å². The molecule has 36 heavy (non-hydrogen) atoms. The number of carbonyl (C=O) groups is 2. The van der Waals surface area contributed by atoms with Crippen LogP contribution in [-0.4, -0.2) is 47.5 Å². The SMILES string of the molecule is CC(=O)N1CCc2ccc(OCc3nc(C(=O)NC[C@@H]4CCCO4)cs3)cc2[C@@H]1c1cccc(F)c1. The quantitative estimate of drug-likeness (QED) is 0.515. The predicted molar refractivity (Wildman–Crippen MR) is 134 cm³/mol. The number of thiazole rings is 1. The lowest BCUT2D eigenvalue weighted by Crippen LogP contribution is -2.39. The number of hydrogen-bond donors (Lipinski definition) is 1. The standard InChI is InChI=1S/C27H28FN3O4S/c1-17(32)31-10-9-18-7-8-21(13-23(18)26(31)19-4-2-5-20(28)12-19)35-15-25-30-24(16-36-25)27(33)29-14-22-6-3-11-34-22/h2,4-5,7-8,12-13,16,22,26H,3,6,9-11,14-15H2,1H3,(H,29,33)/t22-,26-/m0/s1. The molecule has 1 saturated heterocycles. The number of nitrogens with zero attached hydrogens (tertiary/aromatic N) is 2. The molecule has 0 saturated carbocycles. The Morgan fingerprint density at radius 3 is 2.94 bits per heavy atom. The van der Waals surface area contributed by atoms with Crippen LogP contribution in [0.15, 0.2) is 47.8 Å². The number of halogens is 1. The zero-order valence-corrected chi connectivity index (χ0v) is 20.9. The maximum atomic E-state index is 14.0. The van der Waals surface area contributed by atoms with Crippen molar-refractivity contribution in [2.24, 2.45) is 0 Å². The molecule has 3 aromatic rings. The van der Waals surface area contributed by atoms with Gasteiger partial charge in [-0.15, -0.1) is 11.3 Å². The molecule has 1 fully saturated rings. The molecule has 0 spiro atoms. The fraction of sp³-hybridized carbons (Fsp3) is 0.370. The van der Waals surface area contributed by atoms with Crippen molar-refractivity contribution in [1.82, 2.24) is 15.2 Å². The second kappa shape index (κ2) is 10.8. The Balaban J connectivity index is 1.29. The van der Waals surface area contributed by atoms with Crippen LogP contribution in [-0.2, 0) is 22.6 Å². The lowest BCUT2D eigenvalue weighted by atomic mass is 9.88. The molecule has 0 radical (unpaired) electrons. The minimum Gasteiger partial charge on any atom is -0.486 e. The highest BCUT2D eigenvalue weighted by molar-refractivity contribution is 7.09. The number of amides is 2. The minimum atomic E-state index is -0.385. The summed E-state index contributed by atoms with van der Waals surface area (Å²) in [4.78, 5) is 31.0. The molecule has 5 rings (SSSR count). The Kier molecular flexibility index (Phi) is 7.29. The van der Waals surface area contributed by atoms with Gasteiger partial charge in [-0.25, -0.2) is 9.37 Å². The number of carbonyl (C=O) groups excluding carboxylic acids is 2. The van der Waals surface area contributed by atoms with Gasteiger partial charge in [-0.1, -0.05) is 18.2 Å². The summed E-state index contributed by atoms with van der Waals surface area (Å²) in [6.45, 7) is 3.55. The van der Waals surface area contributed by atoms with E-state index < -0.39 is 0 Å².